The lowest BCUT2D eigenvalue weighted by molar-refractivity contribution is 0.591. The van der Waals surface area contributed by atoms with E-state index in [1.807, 2.05) is 0 Å². The van der Waals surface area contributed by atoms with Gasteiger partial charge in [0.1, 0.15) is 0 Å². The van der Waals surface area contributed by atoms with Crippen LogP contribution in [0.2, 0.25) is 0 Å². The van der Waals surface area contributed by atoms with E-state index in [9.17, 15) is 8.42 Å². The molecule has 1 saturated carbocycles. The molecule has 1 fully saturated rings. The van der Waals surface area contributed by atoms with Crippen molar-refractivity contribution in [1.82, 2.24) is 0 Å². The van der Waals surface area contributed by atoms with Crippen LogP contribution in [0.25, 0.3) is 0 Å². The smallest absolute Gasteiger partial charge is 0.180 e. The van der Waals surface area contributed by atoms with Crippen molar-refractivity contribution in [1.29, 1.82) is 0 Å². The molecule has 0 unspecified atom stereocenters. The zero-order valence-corrected chi connectivity index (χ0v) is 9.33. The van der Waals surface area contributed by atoms with E-state index in [-0.39, 0.29) is 10.6 Å². The second-order valence-electron chi connectivity index (χ2n) is 4.09. The Hall–Kier alpha value is -1.03. The van der Waals surface area contributed by atoms with Crippen molar-refractivity contribution in [3.63, 3.8) is 0 Å². The molecule has 1 aromatic carbocycles. The maximum absolute atomic E-state index is 11.9. The highest BCUT2D eigenvalue weighted by Gasteiger charge is 2.25. The molecule has 1 aromatic rings. The second kappa shape index (κ2) is 3.85. The van der Waals surface area contributed by atoms with Gasteiger partial charge in [0, 0.05) is 0 Å². The average molecular weight is 225 g/mol. The van der Waals surface area contributed by atoms with Gasteiger partial charge >= 0.3 is 0 Å². The molecule has 4 heteroatoms. The second-order valence-corrected chi connectivity index (χ2v) is 6.17. The molecule has 3 nitrogen and oxygen atoms in total. The summed E-state index contributed by atoms with van der Waals surface area (Å²) in [7, 11) is -3.17. The molecule has 0 atom stereocenters. The molecule has 0 aromatic heterocycles. The summed E-state index contributed by atoms with van der Waals surface area (Å²) >= 11 is 0. The van der Waals surface area contributed by atoms with E-state index in [4.69, 9.17) is 5.73 Å². The minimum atomic E-state index is -3.17. The minimum absolute atomic E-state index is 0.228. The molecule has 0 amide bonds. The number of benzene rings is 1. The molecule has 2 N–H and O–H groups in total. The van der Waals surface area contributed by atoms with Crippen molar-refractivity contribution >= 4 is 15.5 Å². The van der Waals surface area contributed by atoms with E-state index >= 15 is 0 Å². The predicted molar refractivity (Wildman–Crippen MR) is 60.2 cm³/mol. The van der Waals surface area contributed by atoms with E-state index < -0.39 is 9.84 Å². The Morgan fingerprint density at radius 2 is 1.93 bits per heavy atom. The van der Waals surface area contributed by atoms with E-state index in [0.29, 0.717) is 11.6 Å². The number of rotatable bonds is 4. The number of hydrogen-bond donors (Lipinski definition) is 1. The van der Waals surface area contributed by atoms with Crippen LogP contribution < -0.4 is 5.73 Å². The molecular formula is C11H15NO2S. The lowest BCUT2D eigenvalue weighted by atomic mass is 10.3. The summed E-state index contributed by atoms with van der Waals surface area (Å²) in [6.45, 7) is 0. The van der Waals surface area contributed by atoms with Crippen LogP contribution in [-0.4, -0.2) is 14.2 Å². The summed E-state index contributed by atoms with van der Waals surface area (Å²) in [5.74, 6) is 0.857. The first-order valence-corrected chi connectivity index (χ1v) is 6.82. The van der Waals surface area contributed by atoms with Gasteiger partial charge in [-0.25, -0.2) is 8.42 Å². The first-order chi connectivity index (χ1) is 7.09. The fourth-order valence-corrected chi connectivity index (χ4v) is 3.18. The third kappa shape index (κ3) is 2.50. The lowest BCUT2D eigenvalue weighted by Gasteiger charge is -2.06. The van der Waals surface area contributed by atoms with Crippen molar-refractivity contribution < 1.29 is 8.42 Å². The van der Waals surface area contributed by atoms with E-state index in [2.05, 4.69) is 0 Å². The SMILES string of the molecule is Nc1ccccc1S(=O)(=O)CCC1CC1. The first-order valence-electron chi connectivity index (χ1n) is 5.17. The predicted octanol–water partition coefficient (Wildman–Crippen LogP) is 1.84. The lowest BCUT2D eigenvalue weighted by Crippen LogP contribution is -2.09. The van der Waals surface area contributed by atoms with Crippen molar-refractivity contribution in [3.8, 4) is 0 Å². The van der Waals surface area contributed by atoms with Gasteiger partial charge in [0.25, 0.3) is 0 Å². The van der Waals surface area contributed by atoms with Crippen LogP contribution in [0.5, 0.6) is 0 Å². The van der Waals surface area contributed by atoms with Gasteiger partial charge in [0.2, 0.25) is 0 Å². The Balaban J connectivity index is 2.16. The van der Waals surface area contributed by atoms with Gasteiger partial charge < -0.3 is 5.73 Å². The van der Waals surface area contributed by atoms with Crippen molar-refractivity contribution in [3.05, 3.63) is 24.3 Å². The maximum atomic E-state index is 11.9. The maximum Gasteiger partial charge on any atom is 0.180 e. The van der Waals surface area contributed by atoms with Gasteiger partial charge in [0.05, 0.1) is 16.3 Å². The van der Waals surface area contributed by atoms with Crippen molar-refractivity contribution in [2.75, 3.05) is 11.5 Å². The third-order valence-corrected chi connectivity index (χ3v) is 4.56. The van der Waals surface area contributed by atoms with Crippen LogP contribution in [0, 0.1) is 5.92 Å². The monoisotopic (exact) mass is 225 g/mol. The van der Waals surface area contributed by atoms with Crippen LogP contribution >= 0.6 is 0 Å². The molecule has 0 bridgehead atoms. The first kappa shape index (κ1) is 10.5. The Labute approximate surface area is 90.2 Å². The van der Waals surface area contributed by atoms with Gasteiger partial charge in [-0.3, -0.25) is 0 Å². The van der Waals surface area contributed by atoms with Gasteiger partial charge in [-0.05, 0) is 24.5 Å². The van der Waals surface area contributed by atoms with E-state index in [0.717, 1.165) is 6.42 Å². The number of para-hydroxylation sites is 1. The number of anilines is 1. The number of nitrogens with two attached hydrogens (primary N) is 1. The van der Waals surface area contributed by atoms with Crippen LogP contribution in [0.1, 0.15) is 19.3 Å². The molecule has 1 aliphatic carbocycles. The summed E-state index contributed by atoms with van der Waals surface area (Å²) in [6, 6.07) is 6.66. The largest absolute Gasteiger partial charge is 0.398 e. The molecule has 0 saturated heterocycles. The van der Waals surface area contributed by atoms with Crippen LogP contribution in [0.3, 0.4) is 0 Å². The normalized spacial score (nSPS) is 16.5. The number of nitrogen functional groups attached to an aromatic ring is 1. The van der Waals surface area contributed by atoms with Crippen LogP contribution in [0.15, 0.2) is 29.2 Å². The molecule has 0 heterocycles. The van der Waals surface area contributed by atoms with Gasteiger partial charge in [-0.15, -0.1) is 0 Å². The molecule has 2 rings (SSSR count). The van der Waals surface area contributed by atoms with Crippen molar-refractivity contribution in [2.24, 2.45) is 5.92 Å². The quantitative estimate of drug-likeness (QED) is 0.795. The fraction of sp³-hybridized carbons (Fsp3) is 0.455. The average Bonchev–Trinajstić information content (AvgIpc) is 2.99. The topological polar surface area (TPSA) is 60.2 Å². The molecule has 82 valence electrons. The van der Waals surface area contributed by atoms with Crippen LogP contribution in [-0.2, 0) is 9.84 Å². The number of hydrogen-bond acceptors (Lipinski definition) is 3. The molecule has 1 aliphatic rings. The Morgan fingerprint density at radius 3 is 2.53 bits per heavy atom. The summed E-state index contributed by atoms with van der Waals surface area (Å²) in [6.07, 6.45) is 3.14. The van der Waals surface area contributed by atoms with Crippen molar-refractivity contribution in [2.45, 2.75) is 24.2 Å². The fourth-order valence-electron chi connectivity index (χ4n) is 1.60. The summed E-state index contributed by atoms with van der Waals surface area (Å²) < 4.78 is 23.8. The van der Waals surface area contributed by atoms with Gasteiger partial charge in [0.15, 0.2) is 9.84 Å². The summed E-state index contributed by atoms with van der Waals surface area (Å²) in [5.41, 5.74) is 6.00. The number of sulfone groups is 1. The highest BCUT2D eigenvalue weighted by atomic mass is 32.2. The molecular weight excluding hydrogens is 210 g/mol. The molecule has 0 spiro atoms. The zero-order chi connectivity index (χ0) is 10.9. The molecule has 15 heavy (non-hydrogen) atoms. The third-order valence-electron chi connectivity index (χ3n) is 2.75. The zero-order valence-electron chi connectivity index (χ0n) is 8.52. The highest BCUT2D eigenvalue weighted by Crippen LogP contribution is 2.33. The minimum Gasteiger partial charge on any atom is -0.398 e. The molecule has 0 radical (unpaired) electrons. The summed E-state index contributed by atoms with van der Waals surface area (Å²) in [5, 5.41) is 0. The van der Waals surface area contributed by atoms with Gasteiger partial charge in [-0.2, -0.15) is 0 Å². The Bertz CT molecular complexity index is 449. The highest BCUT2D eigenvalue weighted by molar-refractivity contribution is 7.91. The standard InChI is InChI=1S/C11H15NO2S/c12-10-3-1-2-4-11(10)15(13,14)8-7-9-5-6-9/h1-4,9H,5-8,12H2. The molecule has 0 aliphatic heterocycles. The summed E-state index contributed by atoms with van der Waals surface area (Å²) in [4.78, 5) is 0.283. The Morgan fingerprint density at radius 1 is 1.27 bits per heavy atom. The van der Waals surface area contributed by atoms with E-state index in [1.54, 1.807) is 24.3 Å². The Kier molecular flexibility index (Phi) is 2.69. The van der Waals surface area contributed by atoms with Crippen LogP contribution in [0.4, 0.5) is 5.69 Å². The van der Waals surface area contributed by atoms with E-state index in [1.165, 1.54) is 12.8 Å². The van der Waals surface area contributed by atoms with Gasteiger partial charge in [-0.1, -0.05) is 25.0 Å².